The summed E-state index contributed by atoms with van der Waals surface area (Å²) in [6.07, 6.45) is 1.64. The van der Waals surface area contributed by atoms with Crippen molar-refractivity contribution in [3.8, 4) is 17.6 Å². The van der Waals surface area contributed by atoms with Gasteiger partial charge >= 0.3 is 10.1 Å². The molecule has 32 heavy (non-hydrogen) atoms. The molecule has 4 rings (SSSR count). The van der Waals surface area contributed by atoms with Gasteiger partial charge in [0.25, 0.3) is 0 Å². The second-order valence-corrected chi connectivity index (χ2v) is 8.58. The van der Waals surface area contributed by atoms with Gasteiger partial charge in [-0.05, 0) is 55.0 Å². The van der Waals surface area contributed by atoms with E-state index in [-0.39, 0.29) is 16.4 Å². The molecule has 1 heterocycles. The molecule has 4 aromatic rings. The maximum atomic E-state index is 12.6. The summed E-state index contributed by atoms with van der Waals surface area (Å²) in [5.41, 5.74) is 3.47. The highest BCUT2D eigenvalue weighted by atomic mass is 32.2. The van der Waals surface area contributed by atoms with E-state index in [2.05, 4.69) is 16.0 Å². The number of benzene rings is 3. The molecule has 0 atom stereocenters. The second kappa shape index (κ2) is 8.57. The summed E-state index contributed by atoms with van der Waals surface area (Å²) in [5, 5.41) is 9.63. The molecule has 0 aliphatic carbocycles. The number of ether oxygens (including phenoxy) is 1. The van der Waals surface area contributed by atoms with Crippen LogP contribution in [-0.2, 0) is 10.1 Å². The number of rotatable bonds is 6. The fourth-order valence-electron chi connectivity index (χ4n) is 3.11. The van der Waals surface area contributed by atoms with Crippen molar-refractivity contribution in [2.75, 3.05) is 7.11 Å². The quantitative estimate of drug-likeness (QED) is 0.340. The number of aromatic nitrogens is 2. The van der Waals surface area contributed by atoms with Crippen molar-refractivity contribution in [3.05, 3.63) is 83.7 Å². The topological polar surface area (TPSA) is 105 Å². The van der Waals surface area contributed by atoms with E-state index in [0.29, 0.717) is 17.0 Å². The Morgan fingerprint density at radius 3 is 2.50 bits per heavy atom. The molecule has 0 bridgehead atoms. The third kappa shape index (κ3) is 4.33. The largest absolute Gasteiger partial charge is 0.493 e. The van der Waals surface area contributed by atoms with Gasteiger partial charge in [-0.15, -0.1) is 0 Å². The highest BCUT2D eigenvalue weighted by molar-refractivity contribution is 7.87. The Labute approximate surface area is 185 Å². The van der Waals surface area contributed by atoms with E-state index in [1.165, 1.54) is 25.3 Å². The van der Waals surface area contributed by atoms with E-state index < -0.39 is 10.1 Å². The van der Waals surface area contributed by atoms with Crippen LogP contribution < -0.4 is 8.92 Å². The summed E-state index contributed by atoms with van der Waals surface area (Å²) < 4.78 is 35.9. The summed E-state index contributed by atoms with van der Waals surface area (Å²) in [6, 6.07) is 20.7. The zero-order valence-corrected chi connectivity index (χ0v) is 18.2. The van der Waals surface area contributed by atoms with Crippen LogP contribution in [0.3, 0.4) is 0 Å². The van der Waals surface area contributed by atoms with Crippen LogP contribution in [0.5, 0.6) is 11.5 Å². The highest BCUT2D eigenvalue weighted by Gasteiger charge is 2.19. The Bertz CT molecular complexity index is 1430. The van der Waals surface area contributed by atoms with Crippen molar-refractivity contribution >= 4 is 32.8 Å². The number of hydrogen-bond donors (Lipinski definition) is 1. The van der Waals surface area contributed by atoms with Crippen molar-refractivity contribution in [1.29, 1.82) is 5.26 Å². The maximum absolute atomic E-state index is 12.6. The summed E-state index contributed by atoms with van der Waals surface area (Å²) in [4.78, 5) is 7.62. The van der Waals surface area contributed by atoms with Crippen LogP contribution in [0.15, 0.2) is 71.6 Å². The van der Waals surface area contributed by atoms with Crippen LogP contribution in [0.1, 0.15) is 17.0 Å². The van der Waals surface area contributed by atoms with E-state index in [9.17, 15) is 13.7 Å². The Kier molecular flexibility index (Phi) is 5.67. The Morgan fingerprint density at radius 1 is 1.06 bits per heavy atom. The Morgan fingerprint density at radius 2 is 1.81 bits per heavy atom. The first-order valence-corrected chi connectivity index (χ1v) is 11.1. The first kappa shape index (κ1) is 21.2. The minimum absolute atomic E-state index is 0.0470. The van der Waals surface area contributed by atoms with Gasteiger partial charge in [-0.1, -0.05) is 35.9 Å². The lowest BCUT2D eigenvalue weighted by molar-refractivity contribution is 0.390. The molecule has 1 aromatic heterocycles. The molecule has 0 saturated heterocycles. The number of aryl methyl sites for hydroxylation is 1. The predicted molar refractivity (Wildman–Crippen MR) is 122 cm³/mol. The fourth-order valence-corrected chi connectivity index (χ4v) is 4.05. The van der Waals surface area contributed by atoms with Crippen molar-refractivity contribution in [3.63, 3.8) is 0 Å². The number of hydrogen-bond acceptors (Lipinski definition) is 6. The smallest absolute Gasteiger partial charge is 0.339 e. The molecule has 0 amide bonds. The molecule has 1 N–H and O–H groups in total. The van der Waals surface area contributed by atoms with E-state index in [1.807, 2.05) is 31.2 Å². The lowest BCUT2D eigenvalue weighted by Gasteiger charge is -2.11. The van der Waals surface area contributed by atoms with E-state index in [1.54, 1.807) is 30.3 Å². The molecule has 0 fully saturated rings. The number of nitriles is 1. The van der Waals surface area contributed by atoms with Crippen LogP contribution in [0, 0.1) is 18.3 Å². The normalized spacial score (nSPS) is 11.8. The number of para-hydroxylation sites is 2. The van der Waals surface area contributed by atoms with Gasteiger partial charge in [-0.25, -0.2) is 4.98 Å². The molecule has 0 aliphatic heterocycles. The number of nitrogens with one attached hydrogen (secondary N) is 1. The number of fused-ring (bicyclic) bond motifs is 1. The van der Waals surface area contributed by atoms with Gasteiger partial charge in [0.1, 0.15) is 16.8 Å². The average molecular weight is 446 g/mol. The van der Waals surface area contributed by atoms with Crippen LogP contribution in [0.25, 0.3) is 22.7 Å². The minimum atomic E-state index is -4.02. The molecule has 0 saturated carbocycles. The number of imidazole rings is 1. The van der Waals surface area contributed by atoms with Crippen LogP contribution >= 0.6 is 0 Å². The van der Waals surface area contributed by atoms with Gasteiger partial charge in [0.05, 0.1) is 23.7 Å². The fraction of sp³-hybridized carbons (Fsp3) is 0.0833. The lowest BCUT2D eigenvalue weighted by Crippen LogP contribution is -2.10. The lowest BCUT2D eigenvalue weighted by atomic mass is 10.1. The number of H-pyrrole nitrogens is 1. The first-order chi connectivity index (χ1) is 15.4. The molecular weight excluding hydrogens is 426 g/mol. The van der Waals surface area contributed by atoms with Crippen molar-refractivity contribution < 1.29 is 17.3 Å². The zero-order chi connectivity index (χ0) is 22.7. The third-order valence-electron chi connectivity index (χ3n) is 4.77. The van der Waals surface area contributed by atoms with Gasteiger partial charge in [0.15, 0.2) is 11.5 Å². The Hall–Kier alpha value is -4.09. The van der Waals surface area contributed by atoms with E-state index in [0.717, 1.165) is 16.6 Å². The number of nitrogens with zero attached hydrogens (tertiary/aromatic N) is 2. The molecule has 160 valence electrons. The summed E-state index contributed by atoms with van der Waals surface area (Å²) in [5.74, 6) is 0.707. The van der Waals surface area contributed by atoms with Crippen LogP contribution in [0.2, 0.25) is 0 Å². The first-order valence-electron chi connectivity index (χ1n) is 9.66. The monoisotopic (exact) mass is 445 g/mol. The summed E-state index contributed by atoms with van der Waals surface area (Å²) in [7, 11) is -2.61. The number of methoxy groups -OCH3 is 1. The second-order valence-electron chi connectivity index (χ2n) is 7.03. The Balaban J connectivity index is 1.65. The average Bonchev–Trinajstić information content (AvgIpc) is 3.22. The molecule has 7 nitrogen and oxygen atoms in total. The summed E-state index contributed by atoms with van der Waals surface area (Å²) in [6.45, 7) is 1.87. The van der Waals surface area contributed by atoms with E-state index in [4.69, 9.17) is 8.92 Å². The summed E-state index contributed by atoms with van der Waals surface area (Å²) >= 11 is 0. The SMILES string of the molecule is COc1cc(/C=C(\C#N)c2nc3ccccc3[nH]2)ccc1OS(=O)(=O)c1ccc(C)cc1. The molecular formula is C24H19N3O4S. The van der Waals surface area contributed by atoms with Crippen molar-refractivity contribution in [2.45, 2.75) is 11.8 Å². The maximum Gasteiger partial charge on any atom is 0.339 e. The molecule has 3 aromatic carbocycles. The van der Waals surface area contributed by atoms with Crippen molar-refractivity contribution in [1.82, 2.24) is 9.97 Å². The van der Waals surface area contributed by atoms with Gasteiger partial charge < -0.3 is 13.9 Å². The van der Waals surface area contributed by atoms with Crippen molar-refractivity contribution in [2.24, 2.45) is 0 Å². The standard InChI is InChI=1S/C24H19N3O4S/c1-16-7-10-19(11-8-16)32(28,29)31-22-12-9-17(14-23(22)30-2)13-18(15-25)24-26-20-5-3-4-6-21(20)27-24/h3-14H,1-2H3,(H,26,27)/b18-13+. The molecule has 0 aliphatic rings. The van der Waals surface area contributed by atoms with Crippen LogP contribution in [0.4, 0.5) is 0 Å². The van der Waals surface area contributed by atoms with Gasteiger partial charge in [-0.3, -0.25) is 0 Å². The van der Waals surface area contributed by atoms with Crippen LogP contribution in [-0.4, -0.2) is 25.5 Å². The van der Waals surface area contributed by atoms with Gasteiger partial charge in [0.2, 0.25) is 0 Å². The molecule has 0 unspecified atom stereocenters. The third-order valence-corrected chi connectivity index (χ3v) is 6.02. The molecule has 0 radical (unpaired) electrons. The highest BCUT2D eigenvalue weighted by Crippen LogP contribution is 2.32. The predicted octanol–water partition coefficient (Wildman–Crippen LogP) is 4.71. The molecule has 0 spiro atoms. The van der Waals surface area contributed by atoms with Gasteiger partial charge in [0, 0.05) is 0 Å². The van der Waals surface area contributed by atoms with Gasteiger partial charge in [-0.2, -0.15) is 13.7 Å². The zero-order valence-electron chi connectivity index (χ0n) is 17.4. The van der Waals surface area contributed by atoms with E-state index >= 15 is 0 Å². The number of allylic oxidation sites excluding steroid dienone is 1. The number of aromatic amines is 1. The minimum Gasteiger partial charge on any atom is -0.493 e. The molecule has 8 heteroatoms.